The lowest BCUT2D eigenvalue weighted by Gasteiger charge is -2.21. The lowest BCUT2D eigenvalue weighted by molar-refractivity contribution is -0.126. The summed E-state index contributed by atoms with van der Waals surface area (Å²) in [6.45, 7) is 1.72. The third kappa shape index (κ3) is 5.25. The van der Waals surface area contributed by atoms with Crippen LogP contribution in [-0.2, 0) is 16.0 Å². The van der Waals surface area contributed by atoms with Crippen LogP contribution in [0.4, 0.5) is 5.69 Å². The first-order valence-electron chi connectivity index (χ1n) is 7.66. The van der Waals surface area contributed by atoms with Crippen LogP contribution in [0.2, 0.25) is 0 Å². The Bertz CT molecular complexity index is 641. The first-order valence-corrected chi connectivity index (χ1v) is 7.66. The number of para-hydroxylation sites is 1. The van der Waals surface area contributed by atoms with Gasteiger partial charge in [0.1, 0.15) is 0 Å². The Labute approximate surface area is 137 Å². The van der Waals surface area contributed by atoms with Crippen molar-refractivity contribution in [3.63, 3.8) is 0 Å². The van der Waals surface area contributed by atoms with Crippen molar-refractivity contribution in [1.82, 2.24) is 5.32 Å². The quantitative estimate of drug-likeness (QED) is 0.854. The molecule has 0 aliphatic rings. The summed E-state index contributed by atoms with van der Waals surface area (Å²) in [6, 6.07) is 18.9. The van der Waals surface area contributed by atoms with Gasteiger partial charge in [-0.05, 0) is 31.0 Å². The van der Waals surface area contributed by atoms with Crippen LogP contribution < -0.4 is 10.2 Å². The number of carbonyl (C=O) groups is 2. The highest BCUT2D eigenvalue weighted by atomic mass is 16.2. The molecule has 1 N–H and O–H groups in total. The van der Waals surface area contributed by atoms with Crippen molar-refractivity contribution in [2.75, 3.05) is 18.5 Å². The normalized spacial score (nSPS) is 11.6. The lowest BCUT2D eigenvalue weighted by Crippen LogP contribution is -2.45. The van der Waals surface area contributed by atoms with E-state index in [0.717, 1.165) is 11.3 Å². The summed E-state index contributed by atoms with van der Waals surface area (Å²) in [7, 11) is 1.86. The predicted octanol–water partition coefficient (Wildman–Crippen LogP) is 2.44. The minimum absolute atomic E-state index is 0.0374. The van der Waals surface area contributed by atoms with E-state index in [1.807, 2.05) is 72.6 Å². The topological polar surface area (TPSA) is 49.4 Å². The Morgan fingerprint density at radius 2 is 1.57 bits per heavy atom. The Morgan fingerprint density at radius 1 is 1.00 bits per heavy atom. The molecule has 0 bridgehead atoms. The van der Waals surface area contributed by atoms with Crippen LogP contribution in [0.15, 0.2) is 60.7 Å². The van der Waals surface area contributed by atoms with E-state index in [4.69, 9.17) is 0 Å². The minimum atomic E-state index is -0.492. The van der Waals surface area contributed by atoms with Gasteiger partial charge in [0.25, 0.3) is 0 Å². The number of ketones is 1. The van der Waals surface area contributed by atoms with E-state index < -0.39 is 6.04 Å². The summed E-state index contributed by atoms with van der Waals surface area (Å²) in [6.07, 6.45) is 0.511. The molecule has 23 heavy (non-hydrogen) atoms. The van der Waals surface area contributed by atoms with Gasteiger partial charge in [-0.2, -0.15) is 0 Å². The van der Waals surface area contributed by atoms with Crippen LogP contribution in [0.3, 0.4) is 0 Å². The van der Waals surface area contributed by atoms with Gasteiger partial charge < -0.3 is 10.2 Å². The van der Waals surface area contributed by atoms with Crippen molar-refractivity contribution in [2.45, 2.75) is 19.4 Å². The number of benzene rings is 2. The van der Waals surface area contributed by atoms with Crippen molar-refractivity contribution in [3.05, 3.63) is 66.2 Å². The second-order valence-electron chi connectivity index (χ2n) is 5.61. The van der Waals surface area contributed by atoms with Crippen molar-refractivity contribution < 1.29 is 9.59 Å². The number of Topliss-reactive ketones (excluding diaryl/α,β-unsaturated/α-hetero) is 1. The van der Waals surface area contributed by atoms with Gasteiger partial charge >= 0.3 is 0 Å². The van der Waals surface area contributed by atoms with E-state index in [0.29, 0.717) is 6.42 Å². The molecule has 4 heteroatoms. The molecule has 2 rings (SSSR count). The summed E-state index contributed by atoms with van der Waals surface area (Å²) >= 11 is 0. The lowest BCUT2D eigenvalue weighted by atomic mass is 10.0. The average molecular weight is 310 g/mol. The van der Waals surface area contributed by atoms with Gasteiger partial charge in [-0.25, -0.2) is 0 Å². The predicted molar refractivity (Wildman–Crippen MR) is 92.5 cm³/mol. The van der Waals surface area contributed by atoms with E-state index in [2.05, 4.69) is 5.32 Å². The number of carbonyl (C=O) groups excluding carboxylic acids is 2. The number of anilines is 1. The van der Waals surface area contributed by atoms with E-state index in [9.17, 15) is 9.59 Å². The summed E-state index contributed by atoms with van der Waals surface area (Å²) in [5.41, 5.74) is 1.99. The SMILES string of the molecule is CC(=O)[C@H](Cc1ccccc1)NC(=O)CN(C)c1ccccc1. The molecule has 0 aliphatic heterocycles. The molecule has 1 amide bonds. The number of likely N-dealkylation sites (N-methyl/N-ethyl adjacent to an activating group) is 1. The zero-order chi connectivity index (χ0) is 16.7. The summed E-state index contributed by atoms with van der Waals surface area (Å²) in [5, 5.41) is 2.84. The van der Waals surface area contributed by atoms with Gasteiger partial charge in [0.15, 0.2) is 5.78 Å². The Morgan fingerprint density at radius 3 is 2.13 bits per heavy atom. The third-order valence-electron chi connectivity index (χ3n) is 3.69. The zero-order valence-corrected chi connectivity index (χ0v) is 13.5. The largest absolute Gasteiger partial charge is 0.365 e. The fourth-order valence-corrected chi connectivity index (χ4v) is 2.38. The number of hydrogen-bond acceptors (Lipinski definition) is 3. The Balaban J connectivity index is 1.94. The summed E-state index contributed by atoms with van der Waals surface area (Å²) in [5.74, 6) is -0.197. The second-order valence-corrected chi connectivity index (χ2v) is 5.61. The molecule has 0 saturated heterocycles. The molecule has 0 aromatic heterocycles. The van der Waals surface area contributed by atoms with Gasteiger partial charge in [-0.1, -0.05) is 48.5 Å². The molecule has 2 aromatic rings. The first kappa shape index (κ1) is 16.7. The first-order chi connectivity index (χ1) is 11.1. The standard InChI is InChI=1S/C19H22N2O2/c1-15(22)18(13-16-9-5-3-6-10-16)20-19(23)14-21(2)17-11-7-4-8-12-17/h3-12,18H,13-14H2,1-2H3,(H,20,23)/t18-/m0/s1. The fraction of sp³-hybridized carbons (Fsp3) is 0.263. The maximum atomic E-state index is 12.2. The van der Waals surface area contributed by atoms with Gasteiger partial charge in [-0.15, -0.1) is 0 Å². The Kier molecular flexibility index (Phi) is 5.92. The number of amides is 1. The van der Waals surface area contributed by atoms with Crippen molar-refractivity contribution in [2.24, 2.45) is 0 Å². The summed E-state index contributed by atoms with van der Waals surface area (Å²) < 4.78 is 0. The van der Waals surface area contributed by atoms with Gasteiger partial charge in [0.2, 0.25) is 5.91 Å². The van der Waals surface area contributed by atoms with Crippen LogP contribution in [0, 0.1) is 0 Å². The molecule has 0 saturated carbocycles. The second kappa shape index (κ2) is 8.13. The molecule has 0 fully saturated rings. The molecule has 120 valence electrons. The van der Waals surface area contributed by atoms with Gasteiger partial charge in [0, 0.05) is 12.7 Å². The van der Waals surface area contributed by atoms with Crippen LogP contribution in [0.25, 0.3) is 0 Å². The molecule has 1 atom stereocenters. The molecule has 0 unspecified atom stereocenters. The van der Waals surface area contributed by atoms with E-state index in [1.54, 1.807) is 0 Å². The zero-order valence-electron chi connectivity index (χ0n) is 13.5. The number of nitrogens with one attached hydrogen (secondary N) is 1. The molecule has 0 heterocycles. The number of rotatable bonds is 7. The molecular weight excluding hydrogens is 288 g/mol. The molecule has 0 radical (unpaired) electrons. The van der Waals surface area contributed by atoms with Crippen LogP contribution in [-0.4, -0.2) is 31.3 Å². The molecule has 4 nitrogen and oxygen atoms in total. The maximum Gasteiger partial charge on any atom is 0.240 e. The monoisotopic (exact) mass is 310 g/mol. The molecular formula is C19H22N2O2. The highest BCUT2D eigenvalue weighted by Gasteiger charge is 2.18. The number of hydrogen-bond donors (Lipinski definition) is 1. The van der Waals surface area contributed by atoms with E-state index >= 15 is 0 Å². The summed E-state index contributed by atoms with van der Waals surface area (Å²) in [4.78, 5) is 25.9. The maximum absolute atomic E-state index is 12.2. The average Bonchev–Trinajstić information content (AvgIpc) is 2.56. The molecule has 0 spiro atoms. The minimum Gasteiger partial charge on any atom is -0.365 e. The Hall–Kier alpha value is -2.62. The highest BCUT2D eigenvalue weighted by Crippen LogP contribution is 2.10. The smallest absolute Gasteiger partial charge is 0.240 e. The highest BCUT2D eigenvalue weighted by molar-refractivity contribution is 5.89. The van der Waals surface area contributed by atoms with Gasteiger partial charge in [0.05, 0.1) is 12.6 Å². The fourth-order valence-electron chi connectivity index (χ4n) is 2.38. The van der Waals surface area contributed by atoms with E-state index in [1.165, 1.54) is 6.92 Å². The van der Waals surface area contributed by atoms with Crippen molar-refractivity contribution in [1.29, 1.82) is 0 Å². The third-order valence-corrected chi connectivity index (χ3v) is 3.69. The molecule has 2 aromatic carbocycles. The molecule has 0 aliphatic carbocycles. The number of nitrogens with zero attached hydrogens (tertiary/aromatic N) is 1. The van der Waals surface area contributed by atoms with Crippen molar-refractivity contribution >= 4 is 17.4 Å². The van der Waals surface area contributed by atoms with Crippen molar-refractivity contribution in [3.8, 4) is 0 Å². The van der Waals surface area contributed by atoms with Crippen LogP contribution in [0.1, 0.15) is 12.5 Å². The van der Waals surface area contributed by atoms with Gasteiger partial charge in [-0.3, -0.25) is 9.59 Å². The van der Waals surface area contributed by atoms with Crippen LogP contribution in [0.5, 0.6) is 0 Å². The van der Waals surface area contributed by atoms with Crippen LogP contribution >= 0.6 is 0 Å². The van der Waals surface area contributed by atoms with E-state index in [-0.39, 0.29) is 18.2 Å².